The molecule has 0 bridgehead atoms. The summed E-state index contributed by atoms with van der Waals surface area (Å²) >= 11 is 0. The van der Waals surface area contributed by atoms with E-state index in [1.165, 1.54) is 36.8 Å². The molecule has 0 spiro atoms. The number of halogens is 2. The Morgan fingerprint density at radius 1 is 0.371 bits per heavy atom. The molecule has 1 atom stereocenters. The third kappa shape index (κ3) is 16.4. The van der Waals surface area contributed by atoms with Gasteiger partial charge in [-0.05, 0) is 94.4 Å². The van der Waals surface area contributed by atoms with Crippen LogP contribution in [0.25, 0.3) is 99.5 Å². The smallest absolute Gasteiger partial charge is 0.177 e. The number of nitrogens with zero attached hydrogens (tertiary/aromatic N) is 10. The van der Waals surface area contributed by atoms with Crippen LogP contribution in [0.15, 0.2) is 289 Å². The number of rotatable bonds is 18. The summed E-state index contributed by atoms with van der Waals surface area (Å²) in [6.45, 7) is 2.60. The van der Waals surface area contributed by atoms with Crippen molar-refractivity contribution in [1.82, 2.24) is 50.5 Å². The van der Waals surface area contributed by atoms with Gasteiger partial charge < -0.3 is 16.0 Å². The van der Waals surface area contributed by atoms with E-state index in [9.17, 15) is 34.0 Å². The molecule has 0 amide bonds. The molecule has 24 heteroatoms. The highest BCUT2D eigenvalue weighted by atomic mass is 32.2. The summed E-state index contributed by atoms with van der Waals surface area (Å²) < 4.78 is 101. The number of sulfone groups is 3. The fraction of sp³-hybridized carbons (Fsp3) is 0.0864. The lowest BCUT2D eigenvalue weighted by Gasteiger charge is -2.18. The van der Waals surface area contributed by atoms with Crippen LogP contribution >= 0.6 is 0 Å². The zero-order valence-electron chi connectivity index (χ0n) is 56.9. The summed E-state index contributed by atoms with van der Waals surface area (Å²) in [7, 11) is -10.3. The van der Waals surface area contributed by atoms with E-state index in [0.29, 0.717) is 63.3 Å². The quantitative estimate of drug-likeness (QED) is 0.0720. The molecule has 105 heavy (non-hydrogen) atoms. The largest absolute Gasteiger partial charge is 0.364 e. The lowest BCUT2D eigenvalue weighted by molar-refractivity contribution is 0.599. The summed E-state index contributed by atoms with van der Waals surface area (Å²) in [6.07, 6.45) is 13.9. The number of fused-ring (bicyclic) bond motifs is 3. The van der Waals surface area contributed by atoms with E-state index in [4.69, 9.17) is 0 Å². The second-order valence-electron chi connectivity index (χ2n) is 24.6. The van der Waals surface area contributed by atoms with Gasteiger partial charge in [0, 0.05) is 130 Å². The maximum atomic E-state index is 14.2. The second-order valence-corrected chi connectivity index (χ2v) is 30.6. The van der Waals surface area contributed by atoms with Crippen molar-refractivity contribution in [1.29, 1.82) is 0 Å². The van der Waals surface area contributed by atoms with Crippen molar-refractivity contribution in [3.63, 3.8) is 0 Å². The van der Waals surface area contributed by atoms with Crippen molar-refractivity contribution in [2.24, 2.45) is 0 Å². The number of aromatic nitrogens is 10. The third-order valence-electron chi connectivity index (χ3n) is 17.2. The van der Waals surface area contributed by atoms with Gasteiger partial charge in [0.2, 0.25) is 0 Å². The SMILES string of the molecule is CC(Nc1nnc(-c2cncc(S(C)(=O)=O)c2)c2cccc(-c3ccccc3)c12)c1ccccn1.CS(=O)(=O)c1cncc(-c2nnc(NCc3cccc(F)c3)c3c(-c4ccccc4)cccc23)c1.CS(=O)(=O)c1cncc(-c2nnc(NCc3ccccc3F)c3c(-c4ccccc4)cccc23)c1. The lowest BCUT2D eigenvalue weighted by Crippen LogP contribution is -2.11. The molecule has 0 fully saturated rings. The fourth-order valence-corrected chi connectivity index (χ4v) is 13.8. The maximum Gasteiger partial charge on any atom is 0.177 e. The minimum absolute atomic E-state index is 0.103. The molecule has 3 N–H and O–H groups in total. The van der Waals surface area contributed by atoms with Crippen molar-refractivity contribution in [3.05, 3.63) is 302 Å². The third-order valence-corrected chi connectivity index (χ3v) is 20.4. The first-order valence-electron chi connectivity index (χ1n) is 32.9. The first-order valence-corrected chi connectivity index (χ1v) is 38.5. The number of pyridine rings is 4. The molecule has 19 nitrogen and oxygen atoms in total. The normalized spacial score (nSPS) is 11.8. The Bertz CT molecular complexity index is 6060. The molecule has 7 heterocycles. The van der Waals surface area contributed by atoms with Crippen LogP contribution in [-0.2, 0) is 42.6 Å². The topological polar surface area (TPSA) is 267 Å². The summed E-state index contributed by atoms with van der Waals surface area (Å²) in [6, 6.07) is 70.8. The van der Waals surface area contributed by atoms with Crippen LogP contribution in [0.5, 0.6) is 0 Å². The van der Waals surface area contributed by atoms with E-state index in [1.54, 1.807) is 67.3 Å². The molecule has 0 aliphatic carbocycles. The molecule has 7 aromatic heterocycles. The average molecular weight is 1450 g/mol. The second kappa shape index (κ2) is 31.0. The van der Waals surface area contributed by atoms with E-state index < -0.39 is 29.5 Å². The van der Waals surface area contributed by atoms with Gasteiger partial charge in [-0.3, -0.25) is 19.9 Å². The highest BCUT2D eigenvalue weighted by molar-refractivity contribution is 7.91. The first-order chi connectivity index (χ1) is 50.7. The molecule has 522 valence electrons. The van der Waals surface area contributed by atoms with Gasteiger partial charge in [-0.2, -0.15) is 0 Å². The van der Waals surface area contributed by atoms with Crippen LogP contribution in [0.2, 0.25) is 0 Å². The van der Waals surface area contributed by atoms with Gasteiger partial charge in [-0.15, -0.1) is 30.6 Å². The zero-order valence-corrected chi connectivity index (χ0v) is 59.3. The number of hydrogen-bond acceptors (Lipinski definition) is 19. The Labute approximate surface area is 605 Å². The van der Waals surface area contributed by atoms with Crippen molar-refractivity contribution < 1.29 is 34.0 Å². The van der Waals surface area contributed by atoms with Crippen molar-refractivity contribution in [2.75, 3.05) is 34.7 Å². The number of hydrogen-bond donors (Lipinski definition) is 3. The molecule has 0 saturated heterocycles. The molecule has 0 aliphatic rings. The van der Waals surface area contributed by atoms with Crippen molar-refractivity contribution in [2.45, 2.75) is 40.7 Å². The van der Waals surface area contributed by atoms with E-state index in [2.05, 4.69) is 66.5 Å². The molecule has 15 aromatic rings. The molecule has 0 radical (unpaired) electrons. The molecule has 15 rings (SSSR count). The van der Waals surface area contributed by atoms with Gasteiger partial charge in [0.15, 0.2) is 47.0 Å². The fourth-order valence-electron chi connectivity index (χ4n) is 12.0. The van der Waals surface area contributed by atoms with Crippen LogP contribution in [0.4, 0.5) is 26.2 Å². The van der Waals surface area contributed by atoms with E-state index in [1.807, 2.05) is 177 Å². The predicted octanol–water partition coefficient (Wildman–Crippen LogP) is 16.4. The van der Waals surface area contributed by atoms with Crippen molar-refractivity contribution >= 4 is 79.3 Å². The maximum absolute atomic E-state index is 14.2. The van der Waals surface area contributed by atoms with Gasteiger partial charge >= 0.3 is 0 Å². The van der Waals surface area contributed by atoms with Crippen molar-refractivity contribution in [3.8, 4) is 67.2 Å². The molecule has 1 unspecified atom stereocenters. The van der Waals surface area contributed by atoms with Gasteiger partial charge in [0.25, 0.3) is 0 Å². The predicted molar refractivity (Wildman–Crippen MR) is 408 cm³/mol. The first kappa shape index (κ1) is 70.9. The van der Waals surface area contributed by atoms with Crippen LogP contribution < -0.4 is 16.0 Å². The minimum atomic E-state index is -3.45. The summed E-state index contributed by atoms with van der Waals surface area (Å²) in [5, 5.41) is 41.8. The zero-order chi connectivity index (χ0) is 73.2. The number of benzene rings is 8. The molecule has 0 aliphatic heterocycles. The summed E-state index contributed by atoms with van der Waals surface area (Å²) in [5.74, 6) is 1.05. The monoisotopic (exact) mass is 1450 g/mol. The van der Waals surface area contributed by atoms with Crippen LogP contribution in [0.3, 0.4) is 0 Å². The standard InChI is InChI=1S/2C27H21FN4O2S.C27H23N5O2S/c1-35(33,34)22-14-20(16-29-17-22)26-24-12-6-11-23(19-8-3-2-4-9-19)25(24)27(32-31-26)30-15-18-7-5-10-21(28)13-18;1-35(33,34)21-14-20(15-29-17-21)26-23-12-7-11-22(18-8-3-2-4-9-18)25(23)27(32-31-26)30-16-19-10-5-6-13-24(19)28;1-18(24-13-6-7-14-29-24)30-27-25-22(19-9-4-3-5-10-19)11-8-12-23(25)26(31-32-27)20-15-21(17-28-16-20)35(2,33)34/h2-14,16-17H,15H2,1H3,(H,30,32);2-15,17H,16H2,1H3,(H,30,32);3-18H,1-2H3,(H,30,32). The number of nitrogens with one attached hydrogen (secondary N) is 3. The van der Waals surface area contributed by atoms with E-state index in [0.717, 1.165) is 95.7 Å². The Kier molecular flexibility index (Phi) is 20.9. The van der Waals surface area contributed by atoms with E-state index >= 15 is 0 Å². The van der Waals surface area contributed by atoms with E-state index in [-0.39, 0.29) is 38.9 Å². The molecular weight excluding hydrogens is 1390 g/mol. The molecule has 0 saturated carbocycles. The van der Waals surface area contributed by atoms with Gasteiger partial charge in [0.05, 0.1) is 26.4 Å². The Morgan fingerprint density at radius 2 is 0.762 bits per heavy atom. The Morgan fingerprint density at radius 3 is 1.17 bits per heavy atom. The number of anilines is 3. The summed E-state index contributed by atoms with van der Waals surface area (Å²) in [4.78, 5) is 17.2. The highest BCUT2D eigenvalue weighted by Crippen LogP contribution is 2.42. The average Bonchev–Trinajstić information content (AvgIpc) is 0.769. The van der Waals surface area contributed by atoms with Crippen LogP contribution in [0.1, 0.15) is 29.8 Å². The summed E-state index contributed by atoms with van der Waals surface area (Å²) in [5.41, 5.74) is 11.3. The van der Waals surface area contributed by atoms with Crippen LogP contribution in [-0.4, -0.2) is 94.5 Å². The van der Waals surface area contributed by atoms with Gasteiger partial charge in [0.1, 0.15) is 28.7 Å². The Balaban J connectivity index is 0.000000140. The minimum Gasteiger partial charge on any atom is -0.364 e. The lowest BCUT2D eigenvalue weighted by atomic mass is 9.96. The molecule has 8 aromatic carbocycles. The highest BCUT2D eigenvalue weighted by Gasteiger charge is 2.23. The van der Waals surface area contributed by atoms with Gasteiger partial charge in [-0.1, -0.05) is 182 Å². The van der Waals surface area contributed by atoms with Gasteiger partial charge in [-0.25, -0.2) is 34.0 Å². The van der Waals surface area contributed by atoms with Crippen LogP contribution in [0, 0.1) is 11.6 Å². The Hall–Kier alpha value is -12.5. The molecular formula is C81H65F2N13O6S3.